The molecule has 2 rings (SSSR count). The second-order valence-electron chi connectivity index (χ2n) is 5.23. The molecule has 0 saturated heterocycles. The molecule has 2 aromatic rings. The molecule has 0 aliphatic heterocycles. The number of rotatable bonds is 4. The van der Waals surface area contributed by atoms with Crippen LogP contribution >= 0.6 is 11.8 Å². The van der Waals surface area contributed by atoms with Crippen LogP contribution in [0.1, 0.15) is 23.9 Å². The second kappa shape index (κ2) is 6.35. The number of nitrogens with one attached hydrogen (secondary N) is 1. The summed E-state index contributed by atoms with van der Waals surface area (Å²) >= 11 is 1.56. The molecule has 0 aliphatic carbocycles. The number of nitrogens with zero attached hydrogens (tertiary/aromatic N) is 2. The number of carbonyl (C=O) groups is 1. The number of amides is 1. The Morgan fingerprint density at radius 3 is 2.38 bits per heavy atom. The molecule has 1 unspecified atom stereocenters. The van der Waals surface area contributed by atoms with Crippen molar-refractivity contribution in [1.82, 2.24) is 9.78 Å². The number of anilines is 1. The number of aryl methyl sites for hydroxylation is 3. The van der Waals surface area contributed by atoms with Crippen molar-refractivity contribution in [1.29, 1.82) is 0 Å². The van der Waals surface area contributed by atoms with Crippen LogP contribution in [-0.2, 0) is 11.8 Å². The highest BCUT2D eigenvalue weighted by atomic mass is 32.2. The van der Waals surface area contributed by atoms with Crippen molar-refractivity contribution in [3.8, 4) is 0 Å². The highest BCUT2D eigenvalue weighted by Gasteiger charge is 2.18. The average molecular weight is 303 g/mol. The zero-order valence-electron chi connectivity index (χ0n) is 13.1. The Hall–Kier alpha value is -1.75. The Kier molecular flexibility index (Phi) is 4.73. The Morgan fingerprint density at radius 2 is 1.86 bits per heavy atom. The monoisotopic (exact) mass is 303 g/mol. The molecule has 1 aromatic heterocycles. The van der Waals surface area contributed by atoms with E-state index in [0.29, 0.717) is 0 Å². The third-order valence-corrected chi connectivity index (χ3v) is 4.57. The smallest absolute Gasteiger partial charge is 0.237 e. The molecule has 1 amide bonds. The minimum absolute atomic E-state index is 0.000208. The van der Waals surface area contributed by atoms with Crippen LogP contribution in [0.3, 0.4) is 0 Å². The van der Waals surface area contributed by atoms with Crippen molar-refractivity contribution in [3.05, 3.63) is 41.2 Å². The van der Waals surface area contributed by atoms with Gasteiger partial charge in [-0.05, 0) is 39.8 Å². The molecule has 0 bridgehead atoms. The van der Waals surface area contributed by atoms with E-state index >= 15 is 0 Å². The summed E-state index contributed by atoms with van der Waals surface area (Å²) in [6, 6.07) is 8.21. The van der Waals surface area contributed by atoms with E-state index in [1.807, 2.05) is 40.0 Å². The normalized spacial score (nSPS) is 12.2. The van der Waals surface area contributed by atoms with Crippen molar-refractivity contribution in [3.63, 3.8) is 0 Å². The van der Waals surface area contributed by atoms with Crippen molar-refractivity contribution in [2.75, 3.05) is 5.32 Å². The number of carbonyl (C=O) groups excluding carboxylic acids is 1. The summed E-state index contributed by atoms with van der Waals surface area (Å²) < 4.78 is 1.78. The zero-order valence-corrected chi connectivity index (χ0v) is 13.9. The first kappa shape index (κ1) is 15.6. The molecule has 0 radical (unpaired) electrons. The maximum atomic E-state index is 12.3. The molecule has 21 heavy (non-hydrogen) atoms. The van der Waals surface area contributed by atoms with Gasteiger partial charge in [-0.2, -0.15) is 5.10 Å². The number of thioether (sulfide) groups is 1. The molecule has 0 saturated carbocycles. The minimum Gasteiger partial charge on any atom is -0.322 e. The van der Waals surface area contributed by atoms with Gasteiger partial charge in [0.2, 0.25) is 5.91 Å². The van der Waals surface area contributed by atoms with Gasteiger partial charge in [-0.1, -0.05) is 17.7 Å². The third-order valence-electron chi connectivity index (χ3n) is 3.46. The lowest BCUT2D eigenvalue weighted by atomic mass is 10.2. The Morgan fingerprint density at radius 1 is 1.24 bits per heavy atom. The summed E-state index contributed by atoms with van der Waals surface area (Å²) in [5, 5.41) is 7.14. The van der Waals surface area contributed by atoms with Gasteiger partial charge in [0.25, 0.3) is 0 Å². The third kappa shape index (κ3) is 3.67. The van der Waals surface area contributed by atoms with Crippen LogP contribution in [0.5, 0.6) is 0 Å². The van der Waals surface area contributed by atoms with Crippen LogP contribution in [0.2, 0.25) is 0 Å². The summed E-state index contributed by atoms with van der Waals surface area (Å²) in [5.74, 6) is -0.000208. The second-order valence-corrected chi connectivity index (χ2v) is 6.65. The van der Waals surface area contributed by atoms with E-state index in [2.05, 4.69) is 29.5 Å². The average Bonchev–Trinajstić information content (AvgIpc) is 2.68. The van der Waals surface area contributed by atoms with Gasteiger partial charge in [-0.3, -0.25) is 9.48 Å². The number of benzene rings is 1. The fourth-order valence-corrected chi connectivity index (χ4v) is 2.92. The largest absolute Gasteiger partial charge is 0.322 e. The van der Waals surface area contributed by atoms with Crippen molar-refractivity contribution in [2.24, 2.45) is 7.05 Å². The fraction of sp³-hybridized carbons (Fsp3) is 0.375. The van der Waals surface area contributed by atoms with E-state index in [1.165, 1.54) is 5.56 Å². The van der Waals surface area contributed by atoms with E-state index in [4.69, 9.17) is 0 Å². The molecule has 1 N–H and O–H groups in total. The summed E-state index contributed by atoms with van der Waals surface area (Å²) in [6.45, 7) is 7.83. The maximum Gasteiger partial charge on any atom is 0.237 e. The van der Waals surface area contributed by atoms with Gasteiger partial charge in [0.15, 0.2) is 0 Å². The lowest BCUT2D eigenvalue weighted by Gasteiger charge is -2.12. The van der Waals surface area contributed by atoms with Gasteiger partial charge < -0.3 is 5.32 Å². The van der Waals surface area contributed by atoms with Crippen LogP contribution in [0, 0.1) is 20.8 Å². The van der Waals surface area contributed by atoms with Crippen LogP contribution in [0.25, 0.3) is 0 Å². The van der Waals surface area contributed by atoms with Gasteiger partial charge in [-0.15, -0.1) is 11.8 Å². The molecule has 1 atom stereocenters. The molecule has 1 aromatic carbocycles. The van der Waals surface area contributed by atoms with Gasteiger partial charge >= 0.3 is 0 Å². The van der Waals surface area contributed by atoms with E-state index in [0.717, 1.165) is 22.0 Å². The Bertz CT molecular complexity index is 646. The molecule has 0 fully saturated rings. The van der Waals surface area contributed by atoms with Crippen molar-refractivity contribution < 1.29 is 4.79 Å². The molecular weight excluding hydrogens is 282 g/mol. The Labute approximate surface area is 129 Å². The lowest BCUT2D eigenvalue weighted by Crippen LogP contribution is -2.23. The molecular formula is C16H21N3OS. The Balaban J connectivity index is 2.04. The number of aromatic nitrogens is 2. The zero-order chi connectivity index (χ0) is 15.6. The van der Waals surface area contributed by atoms with Gasteiger partial charge in [0.1, 0.15) is 0 Å². The first-order valence-corrected chi connectivity index (χ1v) is 7.81. The number of hydrogen-bond donors (Lipinski definition) is 1. The minimum atomic E-state index is -0.160. The summed E-state index contributed by atoms with van der Waals surface area (Å²) in [5.41, 5.74) is 3.85. The van der Waals surface area contributed by atoms with Gasteiger partial charge in [-0.25, -0.2) is 0 Å². The summed E-state index contributed by atoms with van der Waals surface area (Å²) in [6.07, 6.45) is 0. The van der Waals surface area contributed by atoms with Crippen molar-refractivity contribution in [2.45, 2.75) is 37.8 Å². The van der Waals surface area contributed by atoms with Crippen LogP contribution in [0.4, 0.5) is 5.69 Å². The quantitative estimate of drug-likeness (QED) is 0.880. The predicted molar refractivity (Wildman–Crippen MR) is 87.8 cm³/mol. The number of hydrogen-bond acceptors (Lipinski definition) is 3. The molecule has 5 heteroatoms. The molecule has 112 valence electrons. The van der Waals surface area contributed by atoms with Gasteiger partial charge in [0, 0.05) is 11.9 Å². The van der Waals surface area contributed by atoms with Crippen molar-refractivity contribution >= 4 is 23.4 Å². The van der Waals surface area contributed by atoms with E-state index in [1.54, 1.807) is 16.4 Å². The van der Waals surface area contributed by atoms with E-state index in [9.17, 15) is 4.79 Å². The lowest BCUT2D eigenvalue weighted by molar-refractivity contribution is -0.115. The highest BCUT2D eigenvalue weighted by Crippen LogP contribution is 2.25. The highest BCUT2D eigenvalue weighted by molar-refractivity contribution is 8.00. The van der Waals surface area contributed by atoms with E-state index in [-0.39, 0.29) is 11.2 Å². The van der Waals surface area contributed by atoms with Gasteiger partial charge in [0.05, 0.1) is 22.3 Å². The standard InChI is InChI=1S/C16H21N3OS/c1-10-6-8-14(9-7-10)21-13(4)16(20)17-15-11(2)18-19(5)12(15)3/h6-9,13H,1-5H3,(H,17,20). The summed E-state index contributed by atoms with van der Waals surface area (Å²) in [4.78, 5) is 13.4. The topological polar surface area (TPSA) is 46.9 Å². The molecule has 0 aliphatic rings. The molecule has 0 spiro atoms. The molecule has 1 heterocycles. The predicted octanol–water partition coefficient (Wildman–Crippen LogP) is 3.46. The first-order chi connectivity index (χ1) is 9.88. The van der Waals surface area contributed by atoms with Crippen LogP contribution in [-0.4, -0.2) is 20.9 Å². The maximum absolute atomic E-state index is 12.3. The summed E-state index contributed by atoms with van der Waals surface area (Å²) in [7, 11) is 1.88. The van der Waals surface area contributed by atoms with Crippen LogP contribution in [0.15, 0.2) is 29.2 Å². The molecule has 4 nitrogen and oxygen atoms in total. The SMILES string of the molecule is Cc1ccc(SC(C)C(=O)Nc2c(C)nn(C)c2C)cc1. The fourth-order valence-electron chi connectivity index (χ4n) is 2.05. The first-order valence-electron chi connectivity index (χ1n) is 6.93. The van der Waals surface area contributed by atoms with Crippen LogP contribution < -0.4 is 5.32 Å². The van der Waals surface area contributed by atoms with E-state index < -0.39 is 0 Å².